The topological polar surface area (TPSA) is 51.2 Å². The molecule has 2 aromatic rings. The van der Waals surface area contributed by atoms with Gasteiger partial charge in [0, 0.05) is 0 Å². The Morgan fingerprint density at radius 3 is 3.06 bits per heavy atom. The van der Waals surface area contributed by atoms with Gasteiger partial charge in [0.15, 0.2) is 5.13 Å². The molecule has 94 valence electrons. The van der Waals surface area contributed by atoms with E-state index in [9.17, 15) is 4.79 Å². The first-order chi connectivity index (χ1) is 8.61. The van der Waals surface area contributed by atoms with E-state index < -0.39 is 5.97 Å². The molecule has 0 amide bonds. The average molecular weight is 348 g/mol. The minimum atomic E-state index is -0.397. The number of methoxy groups -OCH3 is 1. The zero-order valence-electron chi connectivity index (χ0n) is 9.24. The molecule has 0 aliphatic heterocycles. The molecule has 0 fully saturated rings. The number of ether oxygens (including phenoxy) is 1. The summed E-state index contributed by atoms with van der Waals surface area (Å²) in [7, 11) is 1.34. The SMILES string of the molecule is COC(=O)c1cnc(Nc2cccc(Cl)c2Br)s1. The van der Waals surface area contributed by atoms with Crippen LogP contribution in [0.4, 0.5) is 10.8 Å². The van der Waals surface area contributed by atoms with E-state index >= 15 is 0 Å². The van der Waals surface area contributed by atoms with Gasteiger partial charge in [-0.2, -0.15) is 0 Å². The number of hydrogen-bond donors (Lipinski definition) is 1. The van der Waals surface area contributed by atoms with E-state index in [1.54, 1.807) is 6.07 Å². The highest BCUT2D eigenvalue weighted by Crippen LogP contribution is 2.33. The number of benzene rings is 1. The lowest BCUT2D eigenvalue weighted by atomic mass is 10.3. The first kappa shape index (κ1) is 13.3. The number of aromatic nitrogens is 1. The average Bonchev–Trinajstić information content (AvgIpc) is 2.82. The van der Waals surface area contributed by atoms with Crippen molar-refractivity contribution in [2.45, 2.75) is 0 Å². The summed E-state index contributed by atoms with van der Waals surface area (Å²) in [6, 6.07) is 5.46. The van der Waals surface area contributed by atoms with Gasteiger partial charge in [-0.3, -0.25) is 0 Å². The number of carbonyl (C=O) groups excluding carboxylic acids is 1. The summed E-state index contributed by atoms with van der Waals surface area (Å²) in [5.41, 5.74) is 0.785. The molecule has 7 heteroatoms. The van der Waals surface area contributed by atoms with Crippen LogP contribution in [0, 0.1) is 0 Å². The first-order valence-electron chi connectivity index (χ1n) is 4.87. The quantitative estimate of drug-likeness (QED) is 0.850. The number of rotatable bonds is 3. The van der Waals surface area contributed by atoms with Crippen LogP contribution < -0.4 is 5.32 Å². The third kappa shape index (κ3) is 2.82. The van der Waals surface area contributed by atoms with E-state index in [0.29, 0.717) is 15.0 Å². The molecule has 2 rings (SSSR count). The maximum absolute atomic E-state index is 11.3. The predicted octanol–water partition coefficient (Wildman–Crippen LogP) is 4.09. The molecular formula is C11H8BrClN2O2S. The van der Waals surface area contributed by atoms with Gasteiger partial charge in [-0.1, -0.05) is 29.0 Å². The van der Waals surface area contributed by atoms with Crippen molar-refractivity contribution in [3.05, 3.63) is 38.8 Å². The van der Waals surface area contributed by atoms with E-state index in [-0.39, 0.29) is 0 Å². The van der Waals surface area contributed by atoms with Gasteiger partial charge < -0.3 is 10.1 Å². The molecule has 1 N–H and O–H groups in total. The van der Waals surface area contributed by atoms with Gasteiger partial charge in [0.25, 0.3) is 0 Å². The van der Waals surface area contributed by atoms with Gasteiger partial charge in [-0.15, -0.1) is 0 Å². The Morgan fingerprint density at radius 2 is 2.33 bits per heavy atom. The molecule has 1 heterocycles. The molecule has 1 aromatic carbocycles. The number of nitrogens with one attached hydrogen (secondary N) is 1. The summed E-state index contributed by atoms with van der Waals surface area (Å²) < 4.78 is 5.37. The monoisotopic (exact) mass is 346 g/mol. The number of esters is 1. The summed E-state index contributed by atoms with van der Waals surface area (Å²) in [5, 5.41) is 4.28. The zero-order chi connectivity index (χ0) is 13.1. The van der Waals surface area contributed by atoms with E-state index in [2.05, 4.69) is 31.0 Å². The van der Waals surface area contributed by atoms with Crippen molar-refractivity contribution in [3.8, 4) is 0 Å². The second-order valence-electron chi connectivity index (χ2n) is 3.25. The number of carbonyl (C=O) groups is 1. The normalized spacial score (nSPS) is 10.2. The number of hydrogen-bond acceptors (Lipinski definition) is 5. The van der Waals surface area contributed by atoms with E-state index in [0.717, 1.165) is 10.2 Å². The molecule has 0 saturated carbocycles. The Balaban J connectivity index is 2.21. The molecule has 0 bridgehead atoms. The molecule has 4 nitrogen and oxygen atoms in total. The lowest BCUT2D eigenvalue weighted by Gasteiger charge is -2.06. The van der Waals surface area contributed by atoms with Crippen LogP contribution >= 0.6 is 38.9 Å². The molecule has 0 saturated heterocycles. The summed E-state index contributed by atoms with van der Waals surface area (Å²) in [6.45, 7) is 0. The Labute approximate surface area is 121 Å². The zero-order valence-corrected chi connectivity index (χ0v) is 12.4. The molecule has 0 aliphatic carbocycles. The van der Waals surface area contributed by atoms with Crippen LogP contribution in [0.2, 0.25) is 5.02 Å². The van der Waals surface area contributed by atoms with E-state index in [4.69, 9.17) is 11.6 Å². The van der Waals surface area contributed by atoms with Gasteiger partial charge in [-0.05, 0) is 28.1 Å². The van der Waals surface area contributed by atoms with Crippen LogP contribution in [0.3, 0.4) is 0 Å². The molecule has 18 heavy (non-hydrogen) atoms. The molecule has 0 atom stereocenters. The van der Waals surface area contributed by atoms with Crippen molar-refractivity contribution in [2.75, 3.05) is 12.4 Å². The van der Waals surface area contributed by atoms with Crippen molar-refractivity contribution in [1.29, 1.82) is 0 Å². The molecule has 1 aromatic heterocycles. The fourth-order valence-electron chi connectivity index (χ4n) is 1.24. The van der Waals surface area contributed by atoms with Crippen LogP contribution in [0.25, 0.3) is 0 Å². The third-order valence-electron chi connectivity index (χ3n) is 2.09. The van der Waals surface area contributed by atoms with E-state index in [1.807, 2.05) is 12.1 Å². The molecule has 0 spiro atoms. The second kappa shape index (κ2) is 5.69. The fraction of sp³-hybridized carbons (Fsp3) is 0.0909. The highest BCUT2D eigenvalue weighted by molar-refractivity contribution is 9.10. The van der Waals surface area contributed by atoms with Crippen molar-refractivity contribution in [1.82, 2.24) is 4.98 Å². The molecule has 0 radical (unpaired) electrons. The fourth-order valence-corrected chi connectivity index (χ4v) is 2.53. The van der Waals surface area contributed by atoms with Crippen molar-refractivity contribution < 1.29 is 9.53 Å². The van der Waals surface area contributed by atoms with Crippen molar-refractivity contribution in [3.63, 3.8) is 0 Å². The molecule has 0 aliphatic rings. The minimum Gasteiger partial charge on any atom is -0.465 e. The Hall–Kier alpha value is -1.11. The minimum absolute atomic E-state index is 0.397. The predicted molar refractivity (Wildman–Crippen MR) is 75.9 cm³/mol. The summed E-state index contributed by atoms with van der Waals surface area (Å²) in [4.78, 5) is 15.8. The van der Waals surface area contributed by atoms with Gasteiger partial charge in [0.2, 0.25) is 0 Å². The van der Waals surface area contributed by atoms with Crippen LogP contribution in [-0.4, -0.2) is 18.1 Å². The van der Waals surface area contributed by atoms with Crippen LogP contribution in [0.5, 0.6) is 0 Å². The standard InChI is InChI=1S/C11H8BrClN2O2S/c1-17-10(16)8-5-14-11(18-8)15-7-4-2-3-6(13)9(7)12/h2-5H,1H3,(H,14,15). The lowest BCUT2D eigenvalue weighted by Crippen LogP contribution is -1.96. The molecule has 0 unspecified atom stereocenters. The van der Waals surface area contributed by atoms with Crippen LogP contribution in [0.1, 0.15) is 9.67 Å². The second-order valence-corrected chi connectivity index (χ2v) is 5.48. The number of nitrogens with zero attached hydrogens (tertiary/aromatic N) is 1. The van der Waals surface area contributed by atoms with Crippen molar-refractivity contribution >= 4 is 55.7 Å². The van der Waals surface area contributed by atoms with Gasteiger partial charge >= 0.3 is 5.97 Å². The van der Waals surface area contributed by atoms with Gasteiger partial charge in [0.05, 0.1) is 28.5 Å². The van der Waals surface area contributed by atoms with E-state index in [1.165, 1.54) is 24.6 Å². The van der Waals surface area contributed by atoms with Gasteiger partial charge in [0.1, 0.15) is 4.88 Å². The first-order valence-corrected chi connectivity index (χ1v) is 6.85. The summed E-state index contributed by atoms with van der Waals surface area (Å²) >= 11 is 10.6. The molecular weight excluding hydrogens is 340 g/mol. The highest BCUT2D eigenvalue weighted by Gasteiger charge is 2.11. The van der Waals surface area contributed by atoms with Crippen LogP contribution in [-0.2, 0) is 4.74 Å². The van der Waals surface area contributed by atoms with Gasteiger partial charge in [-0.25, -0.2) is 9.78 Å². The van der Waals surface area contributed by atoms with Crippen molar-refractivity contribution in [2.24, 2.45) is 0 Å². The van der Waals surface area contributed by atoms with Crippen LogP contribution in [0.15, 0.2) is 28.9 Å². The summed E-state index contributed by atoms with van der Waals surface area (Å²) in [5.74, 6) is -0.397. The maximum atomic E-state index is 11.3. The summed E-state index contributed by atoms with van der Waals surface area (Å²) in [6.07, 6.45) is 1.47. The third-order valence-corrected chi connectivity index (χ3v) is 4.38. The number of halogens is 2. The largest absolute Gasteiger partial charge is 0.465 e. The lowest BCUT2D eigenvalue weighted by molar-refractivity contribution is 0.0606. The smallest absolute Gasteiger partial charge is 0.349 e. The maximum Gasteiger partial charge on any atom is 0.349 e. The Kier molecular flexibility index (Phi) is 4.21. The number of thiazole rings is 1. The number of anilines is 2. The Bertz CT molecular complexity index is 588. The Morgan fingerprint density at radius 1 is 1.56 bits per heavy atom. The highest BCUT2D eigenvalue weighted by atomic mass is 79.9.